The molecule has 4 heteroatoms. The summed E-state index contributed by atoms with van der Waals surface area (Å²) in [5.41, 5.74) is 8.38. The van der Waals surface area contributed by atoms with Crippen molar-refractivity contribution in [3.05, 3.63) is 29.0 Å². The van der Waals surface area contributed by atoms with E-state index in [-0.39, 0.29) is 6.04 Å². The minimum Gasteiger partial charge on any atom is -0.327 e. The topological polar surface area (TPSA) is 43.8 Å². The molecular weight excluding hydrogens is 258 g/mol. The minimum atomic E-state index is 0.0117. The van der Waals surface area contributed by atoms with E-state index < -0.39 is 0 Å². The zero-order chi connectivity index (χ0) is 13.8. The first-order valence-corrected chi connectivity index (χ1v) is 7.46. The maximum Gasteiger partial charge on any atom is 0.126 e. The lowest BCUT2D eigenvalue weighted by Gasteiger charge is -2.13. The molecule has 1 aromatic heterocycles. The predicted octanol–water partition coefficient (Wildman–Crippen LogP) is 4.29. The van der Waals surface area contributed by atoms with Gasteiger partial charge in [0.05, 0.1) is 17.1 Å². The van der Waals surface area contributed by atoms with E-state index in [4.69, 9.17) is 22.3 Å². The van der Waals surface area contributed by atoms with Gasteiger partial charge in [-0.05, 0) is 31.0 Å². The summed E-state index contributed by atoms with van der Waals surface area (Å²) >= 11 is 6.04. The van der Waals surface area contributed by atoms with Crippen molar-refractivity contribution in [3.8, 4) is 0 Å². The van der Waals surface area contributed by atoms with Gasteiger partial charge in [-0.3, -0.25) is 0 Å². The Morgan fingerprint density at radius 3 is 2.79 bits per heavy atom. The second-order valence-electron chi connectivity index (χ2n) is 5.00. The number of rotatable bonds is 6. The third-order valence-corrected chi connectivity index (χ3v) is 3.62. The van der Waals surface area contributed by atoms with Crippen LogP contribution in [0.5, 0.6) is 0 Å². The van der Waals surface area contributed by atoms with Gasteiger partial charge in [0.2, 0.25) is 0 Å². The summed E-state index contributed by atoms with van der Waals surface area (Å²) in [6.45, 7) is 5.30. The molecule has 0 fully saturated rings. The summed E-state index contributed by atoms with van der Waals surface area (Å²) in [4.78, 5) is 4.70. The van der Waals surface area contributed by atoms with E-state index in [1.165, 1.54) is 0 Å². The second kappa shape index (κ2) is 6.40. The molecule has 2 N–H and O–H groups in total. The van der Waals surface area contributed by atoms with Crippen molar-refractivity contribution >= 4 is 22.6 Å². The molecule has 1 atom stereocenters. The number of nitrogens with zero attached hydrogens (tertiary/aromatic N) is 2. The quantitative estimate of drug-likeness (QED) is 0.857. The highest BCUT2D eigenvalue weighted by Crippen LogP contribution is 2.25. The highest BCUT2D eigenvalue weighted by atomic mass is 35.5. The van der Waals surface area contributed by atoms with Crippen LogP contribution in [0.15, 0.2) is 18.2 Å². The monoisotopic (exact) mass is 279 g/mol. The minimum absolute atomic E-state index is 0.0117. The molecule has 0 spiro atoms. The first kappa shape index (κ1) is 14.4. The molecule has 0 aliphatic heterocycles. The normalized spacial score (nSPS) is 13.1. The molecule has 2 aromatic rings. The zero-order valence-electron chi connectivity index (χ0n) is 11.7. The lowest BCUT2D eigenvalue weighted by atomic mass is 10.1. The van der Waals surface area contributed by atoms with Gasteiger partial charge < -0.3 is 10.3 Å². The van der Waals surface area contributed by atoms with E-state index in [0.717, 1.165) is 54.1 Å². The third-order valence-electron chi connectivity index (χ3n) is 3.39. The number of aryl methyl sites for hydroxylation is 1. The average Bonchev–Trinajstić information content (AvgIpc) is 2.74. The Labute approximate surface area is 119 Å². The van der Waals surface area contributed by atoms with Gasteiger partial charge >= 0.3 is 0 Å². The molecule has 3 nitrogen and oxygen atoms in total. The van der Waals surface area contributed by atoms with Gasteiger partial charge in [-0.15, -0.1) is 0 Å². The standard InChI is InChI=1S/C15H22ClN3/c1-3-5-6-12(17)15-18-13-10-11(16)7-8-14(13)19(15)9-4-2/h7-8,10,12H,3-6,9,17H2,1-2H3. The molecule has 0 saturated heterocycles. The Kier molecular flexibility index (Phi) is 4.83. The van der Waals surface area contributed by atoms with Crippen LogP contribution in [0.4, 0.5) is 0 Å². The number of imidazole rings is 1. The van der Waals surface area contributed by atoms with E-state index in [1.807, 2.05) is 18.2 Å². The van der Waals surface area contributed by atoms with Crippen LogP contribution in [0.1, 0.15) is 51.4 Å². The summed E-state index contributed by atoms with van der Waals surface area (Å²) < 4.78 is 2.24. The molecule has 1 aromatic carbocycles. The van der Waals surface area contributed by atoms with Gasteiger partial charge in [0.15, 0.2) is 0 Å². The number of fused-ring (bicyclic) bond motifs is 1. The Morgan fingerprint density at radius 2 is 2.11 bits per heavy atom. The van der Waals surface area contributed by atoms with Crippen LogP contribution in [0.3, 0.4) is 0 Å². The van der Waals surface area contributed by atoms with Crippen molar-refractivity contribution in [2.45, 2.75) is 52.1 Å². The maximum atomic E-state index is 6.30. The van der Waals surface area contributed by atoms with Gasteiger partial charge in [0.25, 0.3) is 0 Å². The van der Waals surface area contributed by atoms with E-state index >= 15 is 0 Å². The van der Waals surface area contributed by atoms with Crippen LogP contribution >= 0.6 is 11.6 Å². The molecular formula is C15H22ClN3. The first-order valence-electron chi connectivity index (χ1n) is 7.08. The van der Waals surface area contributed by atoms with Crippen LogP contribution in [-0.2, 0) is 6.54 Å². The van der Waals surface area contributed by atoms with Crippen LogP contribution in [0, 0.1) is 0 Å². The molecule has 0 aliphatic rings. The fourth-order valence-corrected chi connectivity index (χ4v) is 2.58. The summed E-state index contributed by atoms with van der Waals surface area (Å²) in [5.74, 6) is 0.993. The number of unbranched alkanes of at least 4 members (excludes halogenated alkanes) is 1. The molecule has 1 heterocycles. The van der Waals surface area contributed by atoms with E-state index in [1.54, 1.807) is 0 Å². The van der Waals surface area contributed by atoms with Gasteiger partial charge in [-0.2, -0.15) is 0 Å². The van der Waals surface area contributed by atoms with Crippen molar-refractivity contribution < 1.29 is 0 Å². The van der Waals surface area contributed by atoms with Crippen LogP contribution in [0.2, 0.25) is 5.02 Å². The van der Waals surface area contributed by atoms with Crippen molar-refractivity contribution in [1.29, 1.82) is 0 Å². The molecule has 19 heavy (non-hydrogen) atoms. The molecule has 104 valence electrons. The molecule has 0 amide bonds. The number of benzene rings is 1. The Bertz CT molecular complexity index is 548. The fraction of sp³-hybridized carbons (Fsp3) is 0.533. The van der Waals surface area contributed by atoms with Crippen molar-refractivity contribution in [2.24, 2.45) is 5.73 Å². The summed E-state index contributed by atoms with van der Waals surface area (Å²) in [5, 5.41) is 0.724. The van der Waals surface area contributed by atoms with Crippen molar-refractivity contribution in [2.75, 3.05) is 0 Å². The van der Waals surface area contributed by atoms with Crippen LogP contribution in [-0.4, -0.2) is 9.55 Å². The number of halogens is 1. The third kappa shape index (κ3) is 3.10. The van der Waals surface area contributed by atoms with E-state index in [0.29, 0.717) is 0 Å². The van der Waals surface area contributed by atoms with E-state index in [2.05, 4.69) is 18.4 Å². The SMILES string of the molecule is CCCCC(N)c1nc2cc(Cl)ccc2n1CCC. The molecule has 1 unspecified atom stereocenters. The number of nitrogens with two attached hydrogens (primary N) is 1. The first-order chi connectivity index (χ1) is 9.17. The van der Waals surface area contributed by atoms with Crippen LogP contribution < -0.4 is 5.73 Å². The Balaban J connectivity index is 2.43. The van der Waals surface area contributed by atoms with E-state index in [9.17, 15) is 0 Å². The van der Waals surface area contributed by atoms with Gasteiger partial charge in [-0.25, -0.2) is 4.98 Å². The Morgan fingerprint density at radius 1 is 1.32 bits per heavy atom. The molecule has 0 aliphatic carbocycles. The molecule has 0 radical (unpaired) electrons. The summed E-state index contributed by atoms with van der Waals surface area (Å²) in [6, 6.07) is 5.88. The smallest absolute Gasteiger partial charge is 0.126 e. The highest BCUT2D eigenvalue weighted by Gasteiger charge is 2.16. The second-order valence-corrected chi connectivity index (χ2v) is 5.44. The van der Waals surface area contributed by atoms with Crippen molar-refractivity contribution in [1.82, 2.24) is 9.55 Å². The number of aromatic nitrogens is 2. The molecule has 0 saturated carbocycles. The molecule has 0 bridgehead atoms. The summed E-state index contributed by atoms with van der Waals surface area (Å²) in [7, 11) is 0. The molecule has 2 rings (SSSR count). The van der Waals surface area contributed by atoms with Gasteiger partial charge in [0, 0.05) is 11.6 Å². The lowest BCUT2D eigenvalue weighted by Crippen LogP contribution is -2.16. The highest BCUT2D eigenvalue weighted by molar-refractivity contribution is 6.31. The predicted molar refractivity (Wildman–Crippen MR) is 81.5 cm³/mol. The number of hydrogen-bond acceptors (Lipinski definition) is 2. The van der Waals surface area contributed by atoms with Crippen LogP contribution in [0.25, 0.3) is 11.0 Å². The van der Waals surface area contributed by atoms with Gasteiger partial charge in [-0.1, -0.05) is 38.3 Å². The number of hydrogen-bond donors (Lipinski definition) is 1. The Hall–Kier alpha value is -1.06. The maximum absolute atomic E-state index is 6.30. The average molecular weight is 280 g/mol. The fourth-order valence-electron chi connectivity index (χ4n) is 2.42. The largest absolute Gasteiger partial charge is 0.327 e. The summed E-state index contributed by atoms with van der Waals surface area (Å²) in [6.07, 6.45) is 4.35. The lowest BCUT2D eigenvalue weighted by molar-refractivity contribution is 0.536. The van der Waals surface area contributed by atoms with Gasteiger partial charge in [0.1, 0.15) is 5.82 Å². The van der Waals surface area contributed by atoms with Crippen molar-refractivity contribution in [3.63, 3.8) is 0 Å². The zero-order valence-corrected chi connectivity index (χ0v) is 12.5.